The van der Waals surface area contributed by atoms with E-state index in [9.17, 15) is 0 Å². The van der Waals surface area contributed by atoms with Crippen LogP contribution in [0.2, 0.25) is 10.2 Å². The molecule has 0 fully saturated rings. The van der Waals surface area contributed by atoms with E-state index in [4.69, 9.17) is 28.2 Å². The quantitative estimate of drug-likeness (QED) is 0.612. The van der Waals surface area contributed by atoms with Gasteiger partial charge in [0.05, 0.1) is 6.20 Å². The first-order valence-electron chi connectivity index (χ1n) is 6.78. The van der Waals surface area contributed by atoms with Crippen LogP contribution < -0.4 is 0 Å². The van der Waals surface area contributed by atoms with Crippen molar-refractivity contribution in [2.75, 3.05) is 0 Å². The lowest BCUT2D eigenvalue weighted by molar-refractivity contribution is 0.807. The van der Waals surface area contributed by atoms with E-state index in [1.807, 2.05) is 31.2 Å². The molecule has 0 spiro atoms. The zero-order chi connectivity index (χ0) is 15.1. The van der Waals surface area contributed by atoms with Crippen molar-refractivity contribution in [3.63, 3.8) is 0 Å². The fourth-order valence-corrected chi connectivity index (χ4v) is 3.26. The van der Waals surface area contributed by atoms with Gasteiger partial charge in [-0.05, 0) is 30.5 Å². The van der Waals surface area contributed by atoms with Crippen LogP contribution in [0.25, 0.3) is 16.8 Å². The minimum atomic E-state index is 0.299. The van der Waals surface area contributed by atoms with Crippen LogP contribution in [0.1, 0.15) is 31.0 Å². The van der Waals surface area contributed by atoms with E-state index >= 15 is 0 Å². The summed E-state index contributed by atoms with van der Waals surface area (Å²) in [6.45, 7) is 6.18. The van der Waals surface area contributed by atoms with Crippen LogP contribution in [-0.2, 0) is 0 Å². The van der Waals surface area contributed by atoms with E-state index in [1.54, 1.807) is 10.7 Å². The molecule has 21 heavy (non-hydrogen) atoms. The Kier molecular flexibility index (Phi) is 3.64. The normalized spacial score (nSPS) is 11.5. The summed E-state index contributed by atoms with van der Waals surface area (Å²) in [7, 11) is 0. The largest absolute Gasteiger partial charge is 0.233 e. The summed E-state index contributed by atoms with van der Waals surface area (Å²) in [4.78, 5) is 4.70. The van der Waals surface area contributed by atoms with Gasteiger partial charge in [-0.2, -0.15) is 5.10 Å². The molecule has 0 saturated heterocycles. The first-order chi connectivity index (χ1) is 9.99. The Hall–Kier alpha value is -1.58. The predicted octanol–water partition coefficient (Wildman–Crippen LogP) is 5.13. The van der Waals surface area contributed by atoms with Crippen molar-refractivity contribution in [1.29, 1.82) is 0 Å². The number of aromatic nitrogens is 3. The lowest BCUT2D eigenvalue weighted by Gasteiger charge is -2.12. The molecule has 3 rings (SSSR count). The monoisotopic (exact) mass is 319 g/mol. The molecule has 1 aromatic carbocycles. The van der Waals surface area contributed by atoms with Gasteiger partial charge in [-0.25, -0.2) is 9.50 Å². The molecule has 5 heteroatoms. The van der Waals surface area contributed by atoms with Crippen LogP contribution in [0.5, 0.6) is 0 Å². The maximum Gasteiger partial charge on any atom is 0.164 e. The van der Waals surface area contributed by atoms with Crippen molar-refractivity contribution in [2.45, 2.75) is 26.7 Å². The molecule has 0 aliphatic rings. The molecule has 108 valence electrons. The highest BCUT2D eigenvalue weighted by atomic mass is 35.5. The molecule has 2 heterocycles. The van der Waals surface area contributed by atoms with Crippen molar-refractivity contribution in [1.82, 2.24) is 14.6 Å². The Labute approximate surface area is 133 Å². The summed E-state index contributed by atoms with van der Waals surface area (Å²) in [5.41, 5.74) is 4.64. The first kappa shape index (κ1) is 14.4. The maximum atomic E-state index is 6.51. The number of nitrogens with zero attached hydrogens (tertiary/aromatic N) is 3. The third-order valence-corrected chi connectivity index (χ3v) is 4.13. The number of halogens is 2. The molecule has 2 aromatic heterocycles. The number of benzene rings is 1. The Bertz CT molecular complexity index is 822. The SMILES string of the molecule is Cc1nc2c(-c3cccc(Cl)c3)cnn2c(Cl)c1C(C)C. The number of aryl methyl sites for hydroxylation is 1. The van der Waals surface area contributed by atoms with Crippen LogP contribution in [0.15, 0.2) is 30.5 Å². The van der Waals surface area contributed by atoms with Crippen molar-refractivity contribution < 1.29 is 0 Å². The first-order valence-corrected chi connectivity index (χ1v) is 7.54. The lowest BCUT2D eigenvalue weighted by atomic mass is 10.0. The van der Waals surface area contributed by atoms with Crippen molar-refractivity contribution in [2.24, 2.45) is 0 Å². The Morgan fingerprint density at radius 3 is 2.62 bits per heavy atom. The van der Waals surface area contributed by atoms with Crippen LogP contribution in [0, 0.1) is 6.92 Å². The van der Waals surface area contributed by atoms with Gasteiger partial charge in [0.2, 0.25) is 0 Å². The summed E-state index contributed by atoms with van der Waals surface area (Å²) >= 11 is 12.6. The van der Waals surface area contributed by atoms with Gasteiger partial charge in [0.1, 0.15) is 5.15 Å². The zero-order valence-electron chi connectivity index (χ0n) is 12.1. The van der Waals surface area contributed by atoms with Gasteiger partial charge in [0.15, 0.2) is 5.65 Å². The van der Waals surface area contributed by atoms with Crippen molar-refractivity contribution >= 4 is 28.8 Å². The molecule has 0 saturated carbocycles. The standard InChI is InChI=1S/C16H15Cl2N3/c1-9(2)14-10(3)20-16-13(8-19-21(16)15(14)18)11-5-4-6-12(17)7-11/h4-9H,1-3H3. The highest BCUT2D eigenvalue weighted by Crippen LogP contribution is 2.32. The molecule has 0 aliphatic heterocycles. The third kappa shape index (κ3) is 2.41. The van der Waals surface area contributed by atoms with E-state index in [0.29, 0.717) is 16.1 Å². The molecule has 0 aliphatic carbocycles. The second-order valence-corrected chi connectivity index (χ2v) is 6.15. The molecule has 0 atom stereocenters. The van der Waals surface area contributed by atoms with Crippen LogP contribution in [-0.4, -0.2) is 14.6 Å². The average Bonchev–Trinajstić information content (AvgIpc) is 2.82. The predicted molar refractivity (Wildman–Crippen MR) is 87.3 cm³/mol. The van der Waals surface area contributed by atoms with Crippen molar-refractivity contribution in [3.8, 4) is 11.1 Å². The highest BCUT2D eigenvalue weighted by molar-refractivity contribution is 6.31. The molecule has 3 aromatic rings. The fraction of sp³-hybridized carbons (Fsp3) is 0.250. The summed E-state index contributed by atoms with van der Waals surface area (Å²) < 4.78 is 1.69. The van der Waals surface area contributed by atoms with Gasteiger partial charge in [0, 0.05) is 21.8 Å². The molecule has 3 nitrogen and oxygen atoms in total. The number of fused-ring (bicyclic) bond motifs is 1. The fourth-order valence-electron chi connectivity index (χ4n) is 2.59. The molecule has 0 radical (unpaired) electrons. The summed E-state index contributed by atoms with van der Waals surface area (Å²) in [5, 5.41) is 5.70. The zero-order valence-corrected chi connectivity index (χ0v) is 13.6. The lowest BCUT2D eigenvalue weighted by Crippen LogP contribution is -2.04. The molecule has 0 unspecified atom stereocenters. The summed E-state index contributed by atoms with van der Waals surface area (Å²) in [6.07, 6.45) is 1.78. The topological polar surface area (TPSA) is 30.2 Å². The molecule has 0 N–H and O–H groups in total. The van der Waals surface area contributed by atoms with Crippen LogP contribution in [0.4, 0.5) is 0 Å². The van der Waals surface area contributed by atoms with E-state index < -0.39 is 0 Å². The van der Waals surface area contributed by atoms with Crippen LogP contribution >= 0.6 is 23.2 Å². The summed E-state index contributed by atoms with van der Waals surface area (Å²) in [6, 6.07) is 7.65. The van der Waals surface area contributed by atoms with Gasteiger partial charge < -0.3 is 0 Å². The van der Waals surface area contributed by atoms with Crippen LogP contribution in [0.3, 0.4) is 0 Å². The second kappa shape index (κ2) is 5.32. The van der Waals surface area contributed by atoms with E-state index in [0.717, 1.165) is 28.0 Å². The Morgan fingerprint density at radius 2 is 1.95 bits per heavy atom. The van der Waals surface area contributed by atoms with Gasteiger partial charge in [-0.3, -0.25) is 0 Å². The van der Waals surface area contributed by atoms with Gasteiger partial charge in [0.25, 0.3) is 0 Å². The molecule has 0 amide bonds. The minimum absolute atomic E-state index is 0.299. The van der Waals surface area contributed by atoms with E-state index in [2.05, 4.69) is 18.9 Å². The molecular weight excluding hydrogens is 305 g/mol. The number of hydrogen-bond acceptors (Lipinski definition) is 2. The maximum absolute atomic E-state index is 6.51. The van der Waals surface area contributed by atoms with Crippen molar-refractivity contribution in [3.05, 3.63) is 51.9 Å². The third-order valence-electron chi connectivity index (χ3n) is 3.53. The highest BCUT2D eigenvalue weighted by Gasteiger charge is 2.17. The van der Waals surface area contributed by atoms with E-state index in [-0.39, 0.29) is 0 Å². The van der Waals surface area contributed by atoms with Gasteiger partial charge in [-0.15, -0.1) is 0 Å². The Morgan fingerprint density at radius 1 is 1.19 bits per heavy atom. The second-order valence-electron chi connectivity index (χ2n) is 5.36. The average molecular weight is 320 g/mol. The molecular formula is C16H15Cl2N3. The van der Waals surface area contributed by atoms with E-state index in [1.165, 1.54) is 0 Å². The summed E-state index contributed by atoms with van der Waals surface area (Å²) in [5.74, 6) is 0.299. The molecule has 0 bridgehead atoms. The Balaban J connectivity index is 2.29. The number of hydrogen-bond donors (Lipinski definition) is 0. The minimum Gasteiger partial charge on any atom is -0.233 e. The number of rotatable bonds is 2. The smallest absolute Gasteiger partial charge is 0.164 e. The van der Waals surface area contributed by atoms with Gasteiger partial charge >= 0.3 is 0 Å². The van der Waals surface area contributed by atoms with Gasteiger partial charge in [-0.1, -0.05) is 49.2 Å².